The minimum absolute atomic E-state index is 0.0676. The number of carbonyl (C=O) groups excluding carboxylic acids is 6. The van der Waals surface area contributed by atoms with Gasteiger partial charge in [-0.1, -0.05) is 55.2 Å². The lowest BCUT2D eigenvalue weighted by molar-refractivity contribution is -0.333. The van der Waals surface area contributed by atoms with E-state index in [-0.39, 0.29) is 68.1 Å². The van der Waals surface area contributed by atoms with Crippen molar-refractivity contribution in [2.75, 3.05) is 20.2 Å². The van der Waals surface area contributed by atoms with Gasteiger partial charge in [0.1, 0.15) is 83.4 Å². The number of amides is 6. The number of halogens is 2. The van der Waals surface area contributed by atoms with Gasteiger partial charge in [0.2, 0.25) is 47.5 Å². The molecular weight excluding hydrogens is 1360 g/mol. The first-order valence-electron chi connectivity index (χ1n) is 31.6. The molecule has 2 fully saturated rings. The van der Waals surface area contributed by atoms with Crippen molar-refractivity contribution in [1.29, 1.82) is 0 Å². The number of aromatic hydroxyl groups is 3. The summed E-state index contributed by atoms with van der Waals surface area (Å²) in [5, 5.41) is 132. The second kappa shape index (κ2) is 30.2. The number of benzene rings is 5. The highest BCUT2D eigenvalue weighted by molar-refractivity contribution is 6.32. The lowest BCUT2D eigenvalue weighted by Crippen LogP contribution is -2.64. The Balaban J connectivity index is 1.22. The number of rotatable bonds is 13. The number of phenols is 3. The highest BCUT2D eigenvalue weighted by Crippen LogP contribution is 2.50. The van der Waals surface area contributed by atoms with Crippen LogP contribution in [-0.4, -0.2) is 192 Å². The summed E-state index contributed by atoms with van der Waals surface area (Å²) < 4.78 is 38.6. The molecule has 2 saturated heterocycles. The molecule has 7 aliphatic heterocycles. The zero-order chi connectivity index (χ0) is 72.7. The number of aliphatic hydroxyl groups is 6. The van der Waals surface area contributed by atoms with E-state index >= 15 is 9.59 Å². The molecule has 0 saturated carbocycles. The smallest absolute Gasteiger partial charge is 0.330 e. The third kappa shape index (κ3) is 15.7. The second-order valence-electron chi connectivity index (χ2n) is 25.7. The number of carboxylic acid groups (broad SMARTS) is 1. The lowest BCUT2D eigenvalue weighted by Gasteiger charge is -2.47. The highest BCUT2D eigenvalue weighted by Gasteiger charge is 2.51. The van der Waals surface area contributed by atoms with Crippen molar-refractivity contribution in [3.63, 3.8) is 0 Å². The average molecular weight is 1440 g/mol. The summed E-state index contributed by atoms with van der Waals surface area (Å²) in [4.78, 5) is 101. The maximum atomic E-state index is 15.4. The molecule has 0 aromatic heterocycles. The van der Waals surface area contributed by atoms with Crippen molar-refractivity contribution < 1.29 is 113 Å². The minimum Gasteiger partial charge on any atom is -0.508 e. The SMILES string of the molecule is CN[C@H](CC(C)C)C(=O)N[C@H]1C(=O)N[C@@H](CC(N)=O)C(=O)N[C@H]2CN[C@H]3C(=O)N[C@H](C(=O)N[C@H](C(=O)O)c4cc(O)cc(O)c4-c4cc3ccc4O)[C@H](O)c3ccc(c(Cl)c3)Oc3cc2cc(c3O[C@@H]2OC(CO)C(O)[C@H](O)[C@H]2O[C@H]2CC(C)(N)[C@H](O)[C@H](C)O2)Oc2ccc(cc2Cl)[C@H]1O. The molecule has 3 unspecified atom stereocenters. The van der Waals surface area contributed by atoms with Crippen LogP contribution in [-0.2, 0) is 47.8 Å². The summed E-state index contributed by atoms with van der Waals surface area (Å²) in [6.45, 7) is 5.08. The van der Waals surface area contributed by atoms with E-state index in [1.807, 2.05) is 13.8 Å². The van der Waals surface area contributed by atoms with Crippen molar-refractivity contribution in [3.05, 3.63) is 117 Å². The molecule has 7 aliphatic rings. The van der Waals surface area contributed by atoms with Gasteiger partial charge in [0.15, 0.2) is 29.9 Å². The van der Waals surface area contributed by atoms with Crippen LogP contribution >= 0.6 is 23.2 Å². The number of ether oxygens (including phenoxy) is 6. The number of likely N-dealkylation sites (N-methyl/N-ethyl adjacent to an activating group) is 1. The normalized spacial score (nSPS) is 29.7. The summed E-state index contributed by atoms with van der Waals surface area (Å²) in [6.07, 6.45) is -17.8. The molecule has 21 N–H and O–H groups in total. The predicted octanol–water partition coefficient (Wildman–Crippen LogP) is 0.580. The van der Waals surface area contributed by atoms with E-state index in [1.165, 1.54) is 69.4 Å². The van der Waals surface area contributed by atoms with Crippen molar-refractivity contribution in [1.82, 2.24) is 37.2 Å². The Kier molecular flexibility index (Phi) is 22.4. The number of hydrogen-bond donors (Lipinski definition) is 19. The van der Waals surface area contributed by atoms with Crippen molar-refractivity contribution >= 4 is 64.6 Å². The van der Waals surface area contributed by atoms with E-state index < -0.39 is 216 Å². The van der Waals surface area contributed by atoms with Gasteiger partial charge in [-0.05, 0) is 110 Å². The molecule has 100 heavy (non-hydrogen) atoms. The summed E-state index contributed by atoms with van der Waals surface area (Å²) in [5.74, 6) is -12.9. The van der Waals surface area contributed by atoms with E-state index in [2.05, 4.69) is 37.2 Å². The highest BCUT2D eigenvalue weighted by atomic mass is 35.5. The van der Waals surface area contributed by atoms with Gasteiger partial charge in [-0.2, -0.15) is 0 Å². The van der Waals surface area contributed by atoms with Crippen LogP contribution < -0.4 is 62.9 Å². The van der Waals surface area contributed by atoms with E-state index in [4.69, 9.17) is 63.1 Å². The lowest BCUT2D eigenvalue weighted by atomic mass is 9.86. The Hall–Kier alpha value is -8.71. The molecule has 5 aromatic rings. The predicted molar refractivity (Wildman–Crippen MR) is 349 cm³/mol. The number of carbonyl (C=O) groups is 7. The topological polar surface area (TPSA) is 513 Å². The Morgan fingerprint density at radius 2 is 1.39 bits per heavy atom. The van der Waals surface area contributed by atoms with Gasteiger partial charge >= 0.3 is 5.97 Å². The third-order valence-electron chi connectivity index (χ3n) is 17.8. The van der Waals surface area contributed by atoms with Crippen LogP contribution in [0.4, 0.5) is 0 Å². The molecule has 7 heterocycles. The first-order chi connectivity index (χ1) is 47.2. The van der Waals surface area contributed by atoms with Gasteiger partial charge < -0.3 is 123 Å². The Labute approximate surface area is 580 Å². The Bertz CT molecular complexity index is 3980. The van der Waals surface area contributed by atoms with E-state index in [0.717, 1.165) is 30.3 Å². The van der Waals surface area contributed by atoms with Crippen LogP contribution in [0.5, 0.6) is 46.0 Å². The van der Waals surface area contributed by atoms with Gasteiger partial charge in [-0.3, -0.25) is 34.1 Å². The monoisotopic (exact) mass is 1430 g/mol. The fourth-order valence-electron chi connectivity index (χ4n) is 12.6. The van der Waals surface area contributed by atoms with Gasteiger partial charge in [-0.15, -0.1) is 0 Å². The van der Waals surface area contributed by atoms with E-state index in [0.29, 0.717) is 0 Å². The fourth-order valence-corrected chi connectivity index (χ4v) is 13.0. The van der Waals surface area contributed by atoms with Crippen LogP contribution in [0.3, 0.4) is 0 Å². The molecule has 11 bridgehead atoms. The van der Waals surface area contributed by atoms with E-state index in [9.17, 15) is 75.0 Å². The quantitative estimate of drug-likeness (QED) is 0.0766. The molecule has 5 aromatic carbocycles. The number of nitrogens with two attached hydrogens (primary N) is 2. The van der Waals surface area contributed by atoms with Crippen LogP contribution in [0, 0.1) is 5.92 Å². The largest absolute Gasteiger partial charge is 0.508 e. The molecular formula is C66H77Cl2N9O23. The third-order valence-corrected chi connectivity index (χ3v) is 18.4. The van der Waals surface area contributed by atoms with Gasteiger partial charge in [0.25, 0.3) is 0 Å². The summed E-state index contributed by atoms with van der Waals surface area (Å²) in [6, 6.07) is 2.08. The number of fused-ring (bicyclic) bond motifs is 15. The van der Waals surface area contributed by atoms with Gasteiger partial charge in [0, 0.05) is 41.3 Å². The molecule has 18 atom stereocenters. The minimum atomic E-state index is -2.19. The number of nitrogens with one attached hydrogen (secondary N) is 7. The first-order valence-corrected chi connectivity index (χ1v) is 32.4. The zero-order valence-corrected chi connectivity index (χ0v) is 55.6. The average Bonchev–Trinajstić information content (AvgIpc) is 0.772. The maximum Gasteiger partial charge on any atom is 0.330 e. The Morgan fingerprint density at radius 3 is 1.98 bits per heavy atom. The molecule has 0 spiro atoms. The van der Waals surface area contributed by atoms with Crippen LogP contribution in [0.15, 0.2) is 78.9 Å². The summed E-state index contributed by atoms with van der Waals surface area (Å²) in [5.41, 5.74) is 9.05. The number of primary amides is 1. The van der Waals surface area contributed by atoms with E-state index in [1.54, 1.807) is 0 Å². The van der Waals surface area contributed by atoms with Crippen LogP contribution in [0.1, 0.15) is 105 Å². The Morgan fingerprint density at radius 1 is 0.750 bits per heavy atom. The first kappa shape index (κ1) is 74.0. The van der Waals surface area contributed by atoms with Gasteiger partial charge in [0.05, 0.1) is 47.4 Å². The second-order valence-corrected chi connectivity index (χ2v) is 26.5. The zero-order valence-electron chi connectivity index (χ0n) is 54.1. The van der Waals surface area contributed by atoms with Gasteiger partial charge in [-0.25, -0.2) is 4.79 Å². The molecule has 538 valence electrons. The summed E-state index contributed by atoms with van der Waals surface area (Å²) >= 11 is 14.2. The maximum absolute atomic E-state index is 15.4. The molecule has 34 heteroatoms. The van der Waals surface area contributed by atoms with Crippen LogP contribution in [0.2, 0.25) is 10.0 Å². The number of aliphatic hydroxyl groups excluding tert-OH is 6. The standard InChI is InChI=1S/C66H77Cl2N9O23/c1-24(2)12-35(71-5)59(88)76-50-52(83)27-7-10-40(33(67)14-27)96-42-16-29-17-43(56(42)100-65-57(55(86)54(85)44(23-78)98-65)99-46-21-66(4,70)58(87)25(3)95-46)97-41-11-8-28(15-34(41)68)53(84)51-63(92)75-49(64(93)94)32-18-30(79)19-39(81)47(32)31-13-26(6-9-38(31)80)48(61(90)77-51)72-22-37(29)74-60(89)36(20-45(69)82)73-62(50)91/h6-11,13-19,24-25,35-37,44,46,48-55,57-58,65,71-72,78-81,83-87H,12,20-23,70H2,1-5H3,(H2,69,82)(H,73,91)(H,74,89)(H,75,92)(H,76,88)(H,77,90)(H,93,94)/t25-,35+,36-,37-,44?,46-,48+,49-,50+,51-,52+,53+,54?,55-,57+,58+,65-,66?/m0/s1. The summed E-state index contributed by atoms with van der Waals surface area (Å²) in [7, 11) is 1.50. The molecule has 6 amide bonds. The van der Waals surface area contributed by atoms with Crippen molar-refractivity contribution in [3.8, 4) is 57.1 Å². The molecule has 0 radical (unpaired) electrons. The fraction of sp³-hybridized carbons (Fsp3) is 0.439. The molecule has 12 rings (SSSR count). The van der Waals surface area contributed by atoms with Crippen molar-refractivity contribution in [2.45, 2.75) is 156 Å². The molecule has 32 nitrogen and oxygen atoms in total. The number of hydrogen-bond acceptors (Lipinski definition) is 25. The number of phenolic OH excluding ortho intramolecular Hbond substituents is 3. The molecule has 0 aliphatic carbocycles. The van der Waals surface area contributed by atoms with Crippen molar-refractivity contribution in [2.24, 2.45) is 17.4 Å². The van der Waals surface area contributed by atoms with Crippen LogP contribution in [0.25, 0.3) is 11.1 Å². The number of aliphatic carboxylic acids is 1. The number of carboxylic acids is 1.